The molecule has 1 atom stereocenters. The Morgan fingerprint density at radius 3 is 2.69 bits per heavy atom. The van der Waals surface area contributed by atoms with Crippen molar-refractivity contribution >= 4 is 11.9 Å². The van der Waals surface area contributed by atoms with Crippen molar-refractivity contribution in [1.82, 2.24) is 15.1 Å². The van der Waals surface area contributed by atoms with E-state index < -0.39 is 29.7 Å². The molecule has 1 amide bonds. The summed E-state index contributed by atoms with van der Waals surface area (Å²) in [5.74, 6) is -1.98. The SMILES string of the molecule is COCCC(NC(=O)c1ccn(-c2cccc(C(F)(F)F)c2)n1)C(=O)O. The van der Waals surface area contributed by atoms with Gasteiger partial charge in [-0.1, -0.05) is 6.07 Å². The second kappa shape index (κ2) is 8.00. The maximum absolute atomic E-state index is 12.8. The van der Waals surface area contributed by atoms with Crippen molar-refractivity contribution in [2.24, 2.45) is 0 Å². The summed E-state index contributed by atoms with van der Waals surface area (Å²) in [6, 6.07) is 4.57. The van der Waals surface area contributed by atoms with Crippen LogP contribution < -0.4 is 5.32 Å². The predicted molar refractivity (Wildman–Crippen MR) is 83.9 cm³/mol. The van der Waals surface area contributed by atoms with E-state index in [0.29, 0.717) is 0 Å². The molecule has 0 aliphatic rings. The Morgan fingerprint density at radius 1 is 1.35 bits per heavy atom. The lowest BCUT2D eigenvalue weighted by atomic mass is 10.2. The minimum Gasteiger partial charge on any atom is -0.480 e. The smallest absolute Gasteiger partial charge is 0.416 e. The summed E-state index contributed by atoms with van der Waals surface area (Å²) >= 11 is 0. The van der Waals surface area contributed by atoms with Gasteiger partial charge in [0.2, 0.25) is 0 Å². The molecule has 140 valence electrons. The predicted octanol–water partition coefficient (Wildman–Crippen LogP) is 2.11. The summed E-state index contributed by atoms with van der Waals surface area (Å²) in [5, 5.41) is 15.3. The number of alkyl halides is 3. The summed E-state index contributed by atoms with van der Waals surface area (Å²) in [5.41, 5.74) is -0.846. The average molecular weight is 371 g/mol. The third-order valence-electron chi connectivity index (χ3n) is 3.47. The fraction of sp³-hybridized carbons (Fsp3) is 0.312. The van der Waals surface area contributed by atoms with E-state index in [1.165, 1.54) is 31.5 Å². The number of nitrogens with one attached hydrogen (secondary N) is 1. The summed E-state index contributed by atoms with van der Waals surface area (Å²) in [4.78, 5) is 23.3. The van der Waals surface area contributed by atoms with Gasteiger partial charge in [-0.3, -0.25) is 4.79 Å². The van der Waals surface area contributed by atoms with E-state index >= 15 is 0 Å². The number of aliphatic carboxylic acids is 1. The first-order valence-corrected chi connectivity index (χ1v) is 7.48. The van der Waals surface area contributed by atoms with Crippen molar-refractivity contribution in [3.63, 3.8) is 0 Å². The Hall–Kier alpha value is -2.88. The molecule has 0 aliphatic heterocycles. The van der Waals surface area contributed by atoms with Crippen molar-refractivity contribution in [1.29, 1.82) is 0 Å². The number of ether oxygens (including phenoxy) is 1. The van der Waals surface area contributed by atoms with Crippen LogP contribution in [-0.2, 0) is 15.7 Å². The van der Waals surface area contributed by atoms with Crippen molar-refractivity contribution < 1.29 is 32.6 Å². The monoisotopic (exact) mass is 371 g/mol. The van der Waals surface area contributed by atoms with Crippen molar-refractivity contribution in [3.05, 3.63) is 47.8 Å². The van der Waals surface area contributed by atoms with E-state index in [1.807, 2.05) is 0 Å². The molecule has 0 saturated heterocycles. The van der Waals surface area contributed by atoms with Crippen LogP contribution >= 0.6 is 0 Å². The molecule has 1 aromatic heterocycles. The maximum Gasteiger partial charge on any atom is 0.416 e. The highest BCUT2D eigenvalue weighted by atomic mass is 19.4. The second-order valence-electron chi connectivity index (χ2n) is 5.34. The van der Waals surface area contributed by atoms with Gasteiger partial charge in [-0.2, -0.15) is 18.3 Å². The van der Waals surface area contributed by atoms with Crippen LogP contribution in [0, 0.1) is 0 Å². The fourth-order valence-electron chi connectivity index (χ4n) is 2.14. The first kappa shape index (κ1) is 19.4. The molecular weight excluding hydrogens is 355 g/mol. The number of carbonyl (C=O) groups excluding carboxylic acids is 1. The number of carboxylic acid groups (broad SMARTS) is 1. The third-order valence-corrected chi connectivity index (χ3v) is 3.47. The molecule has 2 aromatic rings. The van der Waals surface area contributed by atoms with Gasteiger partial charge >= 0.3 is 12.1 Å². The molecule has 7 nitrogen and oxygen atoms in total. The lowest BCUT2D eigenvalue weighted by molar-refractivity contribution is -0.140. The quantitative estimate of drug-likeness (QED) is 0.778. The standard InChI is InChI=1S/C16H16F3N3O4/c1-26-8-6-13(15(24)25)20-14(23)12-5-7-22(21-12)11-4-2-3-10(9-11)16(17,18)19/h2-5,7,9,13H,6,8H2,1H3,(H,20,23)(H,24,25). The number of rotatable bonds is 7. The number of benzene rings is 1. The normalized spacial score (nSPS) is 12.6. The topological polar surface area (TPSA) is 93.5 Å². The van der Waals surface area contributed by atoms with Gasteiger partial charge in [0.05, 0.1) is 11.3 Å². The van der Waals surface area contributed by atoms with Gasteiger partial charge in [-0.25, -0.2) is 9.48 Å². The van der Waals surface area contributed by atoms with Gasteiger partial charge in [0.15, 0.2) is 5.69 Å². The molecule has 0 bridgehead atoms. The van der Waals surface area contributed by atoms with Crippen LogP contribution in [0.4, 0.5) is 13.2 Å². The maximum atomic E-state index is 12.8. The highest BCUT2D eigenvalue weighted by Gasteiger charge is 2.30. The number of carbonyl (C=O) groups is 2. The summed E-state index contributed by atoms with van der Waals surface area (Å²) in [7, 11) is 1.40. The molecule has 1 unspecified atom stereocenters. The van der Waals surface area contributed by atoms with E-state index in [1.54, 1.807) is 0 Å². The minimum atomic E-state index is -4.50. The van der Waals surface area contributed by atoms with Crippen LogP contribution in [0.1, 0.15) is 22.5 Å². The van der Waals surface area contributed by atoms with Crippen molar-refractivity contribution in [2.45, 2.75) is 18.6 Å². The van der Waals surface area contributed by atoms with E-state index in [4.69, 9.17) is 9.84 Å². The molecule has 1 aromatic carbocycles. The van der Waals surface area contributed by atoms with Crippen LogP contribution in [0.5, 0.6) is 0 Å². The number of halogens is 3. The highest BCUT2D eigenvalue weighted by molar-refractivity contribution is 5.94. The summed E-state index contributed by atoms with van der Waals surface area (Å²) in [6.07, 6.45) is -3.12. The lowest BCUT2D eigenvalue weighted by Crippen LogP contribution is -2.41. The molecule has 0 spiro atoms. The molecule has 1 heterocycles. The van der Waals surface area contributed by atoms with Gasteiger partial charge in [0.1, 0.15) is 6.04 Å². The molecule has 0 fully saturated rings. The minimum absolute atomic E-state index is 0.0614. The number of amides is 1. The molecule has 2 rings (SSSR count). The van der Waals surface area contributed by atoms with Crippen LogP contribution in [0.25, 0.3) is 5.69 Å². The molecular formula is C16H16F3N3O4. The highest BCUT2D eigenvalue weighted by Crippen LogP contribution is 2.30. The van der Waals surface area contributed by atoms with Crippen LogP contribution in [0.3, 0.4) is 0 Å². The number of carboxylic acids is 1. The zero-order chi connectivity index (χ0) is 19.3. The van der Waals surface area contributed by atoms with Crippen molar-refractivity contribution in [2.75, 3.05) is 13.7 Å². The van der Waals surface area contributed by atoms with Crippen molar-refractivity contribution in [3.8, 4) is 5.69 Å². The Morgan fingerprint density at radius 2 is 2.08 bits per heavy atom. The Kier molecular flexibility index (Phi) is 5.98. The molecule has 26 heavy (non-hydrogen) atoms. The average Bonchev–Trinajstić information content (AvgIpc) is 3.07. The van der Waals surface area contributed by atoms with Crippen LogP contribution in [0.15, 0.2) is 36.5 Å². The van der Waals surface area contributed by atoms with Gasteiger partial charge in [0.25, 0.3) is 5.91 Å². The van der Waals surface area contributed by atoms with E-state index in [2.05, 4.69) is 10.4 Å². The molecule has 2 N–H and O–H groups in total. The van der Waals surface area contributed by atoms with Crippen LogP contribution in [-0.4, -0.2) is 46.5 Å². The third kappa shape index (κ3) is 4.82. The fourth-order valence-corrected chi connectivity index (χ4v) is 2.14. The summed E-state index contributed by atoms with van der Waals surface area (Å²) < 4.78 is 44.2. The Labute approximate surface area is 146 Å². The molecule has 10 heteroatoms. The van der Waals surface area contributed by atoms with Crippen LogP contribution in [0.2, 0.25) is 0 Å². The Balaban J connectivity index is 2.16. The lowest BCUT2D eigenvalue weighted by Gasteiger charge is -2.13. The van der Waals surface area contributed by atoms with E-state index in [9.17, 15) is 22.8 Å². The zero-order valence-corrected chi connectivity index (χ0v) is 13.7. The molecule has 0 radical (unpaired) electrons. The number of hydrogen-bond acceptors (Lipinski definition) is 4. The number of nitrogens with zero attached hydrogens (tertiary/aromatic N) is 2. The van der Waals surface area contributed by atoms with Gasteiger partial charge in [-0.05, 0) is 24.3 Å². The first-order valence-electron chi connectivity index (χ1n) is 7.48. The van der Waals surface area contributed by atoms with E-state index in [-0.39, 0.29) is 24.4 Å². The summed E-state index contributed by atoms with van der Waals surface area (Å²) in [6.45, 7) is 0.135. The van der Waals surface area contributed by atoms with Gasteiger partial charge in [-0.15, -0.1) is 0 Å². The second-order valence-corrected chi connectivity index (χ2v) is 5.34. The zero-order valence-electron chi connectivity index (χ0n) is 13.7. The number of aromatic nitrogens is 2. The van der Waals surface area contributed by atoms with Gasteiger partial charge in [0, 0.05) is 26.3 Å². The van der Waals surface area contributed by atoms with Gasteiger partial charge < -0.3 is 15.2 Å². The Bertz CT molecular complexity index is 789. The molecule has 0 aliphatic carbocycles. The largest absolute Gasteiger partial charge is 0.480 e. The first-order chi connectivity index (χ1) is 12.2. The van der Waals surface area contributed by atoms with E-state index in [0.717, 1.165) is 16.8 Å². The number of hydrogen-bond donors (Lipinski definition) is 2. The molecule has 0 saturated carbocycles. The number of methoxy groups -OCH3 is 1.